The van der Waals surface area contributed by atoms with E-state index in [1.165, 1.54) is 18.2 Å². The Labute approximate surface area is 121 Å². The number of nitro benzene ring substituents is 1. The first-order valence-corrected chi connectivity index (χ1v) is 7.15. The number of non-ortho nitro benzene ring substituents is 1. The van der Waals surface area contributed by atoms with Crippen LogP contribution in [0.4, 0.5) is 11.4 Å². The summed E-state index contributed by atoms with van der Waals surface area (Å²) in [4.78, 5) is 36.4. The number of anilines is 1. The fourth-order valence-electron chi connectivity index (χ4n) is 3.42. The second-order valence-electron chi connectivity index (χ2n) is 5.83. The molecule has 1 spiro atoms. The molecule has 1 heterocycles. The van der Waals surface area contributed by atoms with Crippen LogP contribution in [0.3, 0.4) is 0 Å². The lowest BCUT2D eigenvalue weighted by Crippen LogP contribution is -2.36. The SMILES string of the molecule is O=C1CC2(CCCCC2)C(=O)N1c1cccc([N+](=O)[O-])c1. The van der Waals surface area contributed by atoms with Gasteiger partial charge in [-0.15, -0.1) is 0 Å². The second-order valence-corrected chi connectivity index (χ2v) is 5.83. The number of carbonyl (C=O) groups excluding carboxylic acids is 2. The minimum atomic E-state index is -0.569. The van der Waals surface area contributed by atoms with E-state index in [1.54, 1.807) is 6.07 Å². The highest BCUT2D eigenvalue weighted by Gasteiger charge is 2.52. The minimum absolute atomic E-state index is 0.113. The molecular weight excluding hydrogens is 272 g/mol. The topological polar surface area (TPSA) is 80.5 Å². The van der Waals surface area contributed by atoms with Crippen LogP contribution in [0.5, 0.6) is 0 Å². The van der Waals surface area contributed by atoms with Crippen molar-refractivity contribution in [1.29, 1.82) is 0 Å². The predicted molar refractivity (Wildman–Crippen MR) is 75.7 cm³/mol. The first kappa shape index (κ1) is 13.7. The highest BCUT2D eigenvalue weighted by Crippen LogP contribution is 2.46. The summed E-state index contributed by atoms with van der Waals surface area (Å²) in [6.45, 7) is 0. The molecule has 0 radical (unpaired) electrons. The van der Waals surface area contributed by atoms with E-state index >= 15 is 0 Å². The van der Waals surface area contributed by atoms with Gasteiger partial charge in [-0.1, -0.05) is 25.3 Å². The molecule has 0 bridgehead atoms. The fraction of sp³-hybridized carbons (Fsp3) is 0.467. The zero-order valence-corrected chi connectivity index (χ0v) is 11.6. The molecule has 1 aromatic rings. The van der Waals surface area contributed by atoms with Crippen LogP contribution in [0, 0.1) is 15.5 Å². The van der Waals surface area contributed by atoms with E-state index in [1.807, 2.05) is 0 Å². The summed E-state index contributed by atoms with van der Waals surface area (Å²) in [5.74, 6) is -0.435. The zero-order valence-electron chi connectivity index (χ0n) is 11.6. The number of benzene rings is 1. The van der Waals surface area contributed by atoms with Crippen LogP contribution in [0.1, 0.15) is 38.5 Å². The lowest BCUT2D eigenvalue weighted by atomic mass is 9.73. The average molecular weight is 288 g/mol. The molecule has 0 N–H and O–H groups in total. The maximum Gasteiger partial charge on any atom is 0.271 e. The average Bonchev–Trinajstić information content (AvgIpc) is 2.71. The number of rotatable bonds is 2. The highest BCUT2D eigenvalue weighted by atomic mass is 16.6. The van der Waals surface area contributed by atoms with E-state index in [9.17, 15) is 19.7 Å². The van der Waals surface area contributed by atoms with E-state index in [4.69, 9.17) is 0 Å². The Kier molecular flexibility index (Phi) is 3.23. The molecule has 6 nitrogen and oxygen atoms in total. The Balaban J connectivity index is 1.95. The molecule has 1 saturated heterocycles. The number of amides is 2. The van der Waals surface area contributed by atoms with Crippen LogP contribution in [0.25, 0.3) is 0 Å². The molecule has 6 heteroatoms. The summed E-state index contributed by atoms with van der Waals surface area (Å²) in [7, 11) is 0. The number of imide groups is 1. The van der Waals surface area contributed by atoms with Gasteiger partial charge in [0, 0.05) is 18.6 Å². The van der Waals surface area contributed by atoms with Crippen LogP contribution < -0.4 is 4.90 Å². The van der Waals surface area contributed by atoms with Gasteiger partial charge in [0.2, 0.25) is 11.8 Å². The van der Waals surface area contributed by atoms with Gasteiger partial charge in [0.15, 0.2) is 0 Å². The van der Waals surface area contributed by atoms with Gasteiger partial charge < -0.3 is 0 Å². The summed E-state index contributed by atoms with van der Waals surface area (Å²) in [6.07, 6.45) is 4.73. The largest absolute Gasteiger partial charge is 0.274 e. The van der Waals surface area contributed by atoms with Gasteiger partial charge in [-0.2, -0.15) is 0 Å². The van der Waals surface area contributed by atoms with Crippen LogP contribution >= 0.6 is 0 Å². The monoisotopic (exact) mass is 288 g/mol. The fourth-order valence-corrected chi connectivity index (χ4v) is 3.42. The summed E-state index contributed by atoms with van der Waals surface area (Å²) < 4.78 is 0. The van der Waals surface area contributed by atoms with Gasteiger partial charge >= 0.3 is 0 Å². The molecular formula is C15H16N2O4. The summed E-state index contributed by atoms with van der Waals surface area (Å²) in [5, 5.41) is 10.8. The first-order chi connectivity index (χ1) is 10.0. The lowest BCUT2D eigenvalue weighted by Gasteiger charge is -2.30. The van der Waals surface area contributed by atoms with Crippen molar-refractivity contribution in [1.82, 2.24) is 0 Å². The number of nitrogens with zero attached hydrogens (tertiary/aromatic N) is 2. The Morgan fingerprint density at radius 1 is 1.14 bits per heavy atom. The molecule has 0 aromatic heterocycles. The van der Waals surface area contributed by atoms with Crippen molar-refractivity contribution < 1.29 is 14.5 Å². The molecule has 3 rings (SSSR count). The standard InChI is InChI=1S/C15H16N2O4/c18-13-10-15(7-2-1-3-8-15)14(19)16(13)11-5-4-6-12(9-11)17(20)21/h4-6,9H,1-3,7-8,10H2. The van der Waals surface area contributed by atoms with Crippen molar-refractivity contribution in [3.63, 3.8) is 0 Å². The van der Waals surface area contributed by atoms with E-state index in [-0.39, 0.29) is 23.9 Å². The van der Waals surface area contributed by atoms with Crippen molar-refractivity contribution >= 4 is 23.2 Å². The van der Waals surface area contributed by atoms with E-state index < -0.39 is 10.3 Å². The lowest BCUT2D eigenvalue weighted by molar-refractivity contribution is -0.384. The Morgan fingerprint density at radius 3 is 2.52 bits per heavy atom. The molecule has 110 valence electrons. The van der Waals surface area contributed by atoms with Gasteiger partial charge in [-0.3, -0.25) is 19.7 Å². The highest BCUT2D eigenvalue weighted by molar-refractivity contribution is 6.22. The first-order valence-electron chi connectivity index (χ1n) is 7.15. The van der Waals surface area contributed by atoms with Crippen LogP contribution in [0.15, 0.2) is 24.3 Å². The van der Waals surface area contributed by atoms with Gasteiger partial charge in [-0.05, 0) is 18.9 Å². The zero-order chi connectivity index (χ0) is 15.0. The van der Waals surface area contributed by atoms with Crippen molar-refractivity contribution in [2.24, 2.45) is 5.41 Å². The molecule has 1 aliphatic heterocycles. The van der Waals surface area contributed by atoms with Crippen molar-refractivity contribution in [2.45, 2.75) is 38.5 Å². The Bertz CT molecular complexity index is 620. The third kappa shape index (κ3) is 2.20. The van der Waals surface area contributed by atoms with E-state index in [2.05, 4.69) is 0 Å². The molecule has 0 atom stereocenters. The van der Waals surface area contributed by atoms with Gasteiger partial charge in [-0.25, -0.2) is 4.90 Å². The molecule has 21 heavy (non-hydrogen) atoms. The quantitative estimate of drug-likeness (QED) is 0.476. The van der Waals surface area contributed by atoms with E-state index in [0.717, 1.165) is 37.0 Å². The number of hydrogen-bond donors (Lipinski definition) is 0. The summed E-state index contributed by atoms with van der Waals surface area (Å²) >= 11 is 0. The summed E-state index contributed by atoms with van der Waals surface area (Å²) in [5.41, 5.74) is -0.376. The maximum absolute atomic E-state index is 12.7. The Morgan fingerprint density at radius 2 is 1.86 bits per heavy atom. The van der Waals surface area contributed by atoms with Crippen molar-refractivity contribution in [2.75, 3.05) is 4.90 Å². The van der Waals surface area contributed by atoms with Gasteiger partial charge in [0.1, 0.15) is 0 Å². The third-order valence-corrected chi connectivity index (χ3v) is 4.51. The number of carbonyl (C=O) groups is 2. The van der Waals surface area contributed by atoms with E-state index in [0.29, 0.717) is 5.69 Å². The minimum Gasteiger partial charge on any atom is -0.274 e. The van der Waals surface area contributed by atoms with Crippen molar-refractivity contribution in [3.05, 3.63) is 34.4 Å². The van der Waals surface area contributed by atoms with Crippen LogP contribution in [0.2, 0.25) is 0 Å². The molecule has 2 aliphatic rings. The third-order valence-electron chi connectivity index (χ3n) is 4.51. The maximum atomic E-state index is 12.7. The molecule has 2 amide bonds. The Hall–Kier alpha value is -2.24. The van der Waals surface area contributed by atoms with Gasteiger partial charge in [0.05, 0.1) is 16.0 Å². The van der Waals surface area contributed by atoms with Gasteiger partial charge in [0.25, 0.3) is 5.69 Å². The molecule has 1 saturated carbocycles. The normalized spacial score (nSPS) is 21.0. The number of hydrogen-bond acceptors (Lipinski definition) is 4. The van der Waals surface area contributed by atoms with Crippen molar-refractivity contribution in [3.8, 4) is 0 Å². The smallest absolute Gasteiger partial charge is 0.271 e. The van der Waals surface area contributed by atoms with Crippen LogP contribution in [-0.4, -0.2) is 16.7 Å². The molecule has 1 aliphatic carbocycles. The summed E-state index contributed by atoms with van der Waals surface area (Å²) in [6, 6.07) is 5.72. The number of nitro groups is 1. The molecule has 2 fully saturated rings. The second kappa shape index (κ2) is 4.95. The molecule has 0 unspecified atom stereocenters. The predicted octanol–water partition coefficient (Wildman–Crippen LogP) is 2.81. The molecule has 1 aromatic carbocycles. The van der Waals surface area contributed by atoms with Crippen LogP contribution in [-0.2, 0) is 9.59 Å².